The minimum atomic E-state index is -4.46. The number of nitrogens with zero attached hydrogens (tertiary/aromatic N) is 1. The Balaban J connectivity index is 1.50. The van der Waals surface area contributed by atoms with Gasteiger partial charge in [-0.15, -0.1) is 0 Å². The molecule has 208 valence electrons. The van der Waals surface area contributed by atoms with Crippen LogP contribution in [0.5, 0.6) is 0 Å². The molecule has 5 rings (SSSR count). The molecule has 5 aromatic rings. The van der Waals surface area contributed by atoms with Crippen LogP contribution in [0.4, 0.5) is 18.9 Å². The molecule has 0 radical (unpaired) electrons. The van der Waals surface area contributed by atoms with Crippen LogP contribution in [0.1, 0.15) is 26.3 Å². The van der Waals surface area contributed by atoms with Gasteiger partial charge in [0.25, 0.3) is 15.9 Å². The fraction of sp³-hybridized carbons (Fsp3) is 0.0357. The van der Waals surface area contributed by atoms with E-state index < -0.39 is 55.3 Å². The van der Waals surface area contributed by atoms with Crippen LogP contribution in [-0.4, -0.2) is 37.2 Å². The van der Waals surface area contributed by atoms with Crippen molar-refractivity contribution in [3.63, 3.8) is 0 Å². The number of carbonyl (C=O) groups is 2. The zero-order valence-electron chi connectivity index (χ0n) is 21.0. The predicted molar refractivity (Wildman–Crippen MR) is 143 cm³/mol. The van der Waals surface area contributed by atoms with Crippen LogP contribution in [0.2, 0.25) is 0 Å². The smallest absolute Gasteiger partial charge is 0.274 e. The molecular formula is C28H19F3N4O5S. The fourth-order valence-electron chi connectivity index (χ4n) is 4.13. The highest BCUT2D eigenvalue weighted by Gasteiger charge is 2.26. The molecule has 41 heavy (non-hydrogen) atoms. The summed E-state index contributed by atoms with van der Waals surface area (Å²) in [5.41, 5.74) is 2.17. The van der Waals surface area contributed by atoms with Gasteiger partial charge in [-0.25, -0.2) is 32.1 Å². The number of sulfonamides is 1. The summed E-state index contributed by atoms with van der Waals surface area (Å²) in [4.78, 5) is 36.5. The number of H-pyrrole nitrogens is 1. The first-order chi connectivity index (χ1) is 19.6. The molecule has 0 unspecified atom stereocenters. The molecule has 0 spiro atoms. The number of amides is 1. The number of benzene rings is 3. The van der Waals surface area contributed by atoms with Gasteiger partial charge in [-0.05, 0) is 54.1 Å². The molecule has 13 heteroatoms. The van der Waals surface area contributed by atoms with Gasteiger partial charge in [0.15, 0.2) is 5.82 Å². The number of halogens is 3. The van der Waals surface area contributed by atoms with Gasteiger partial charge in [0.05, 0.1) is 23.3 Å². The molecule has 1 amide bonds. The molecule has 0 bridgehead atoms. The van der Waals surface area contributed by atoms with Gasteiger partial charge < -0.3 is 4.98 Å². The number of nitrogens with one attached hydrogen (secondary N) is 3. The second kappa shape index (κ2) is 10.9. The third-order valence-corrected chi connectivity index (χ3v) is 7.48. The summed E-state index contributed by atoms with van der Waals surface area (Å²) in [6, 6.07) is 13.6. The Morgan fingerprint density at radius 3 is 2.41 bits per heavy atom. The van der Waals surface area contributed by atoms with Crippen LogP contribution < -0.4 is 10.2 Å². The van der Waals surface area contributed by atoms with Crippen LogP contribution >= 0.6 is 0 Å². The monoisotopic (exact) mass is 580 g/mol. The largest absolute Gasteiger partial charge is 0.345 e. The van der Waals surface area contributed by atoms with E-state index in [0.29, 0.717) is 16.7 Å². The zero-order chi connectivity index (χ0) is 29.3. The average molecular weight is 581 g/mol. The zero-order valence-corrected chi connectivity index (χ0v) is 21.9. The molecule has 0 saturated carbocycles. The van der Waals surface area contributed by atoms with Gasteiger partial charge in [-0.3, -0.25) is 19.1 Å². The third kappa shape index (κ3) is 5.40. The lowest BCUT2D eigenvalue weighted by atomic mass is 9.99. The molecule has 0 atom stereocenters. The second-order valence-corrected chi connectivity index (χ2v) is 10.4. The van der Waals surface area contributed by atoms with Crippen LogP contribution in [-0.2, 0) is 14.9 Å². The fourth-order valence-corrected chi connectivity index (χ4v) is 5.22. The number of carbonyl (C=O) groups excluding carboxylic acids is 2. The molecule has 0 aliphatic heterocycles. The number of aromatic nitrogens is 2. The molecule has 0 aliphatic rings. The number of hydroxylamine groups is 1. The lowest BCUT2D eigenvalue weighted by Gasteiger charge is -2.12. The van der Waals surface area contributed by atoms with Crippen molar-refractivity contribution in [1.82, 2.24) is 15.4 Å². The Bertz CT molecular complexity index is 1930. The Morgan fingerprint density at radius 1 is 0.951 bits per heavy atom. The van der Waals surface area contributed by atoms with E-state index in [1.165, 1.54) is 19.5 Å². The molecule has 0 aliphatic carbocycles. The Morgan fingerprint density at radius 2 is 1.71 bits per heavy atom. The highest BCUT2D eigenvalue weighted by molar-refractivity contribution is 7.92. The summed E-state index contributed by atoms with van der Waals surface area (Å²) >= 11 is 0. The quantitative estimate of drug-likeness (QED) is 0.176. The van der Waals surface area contributed by atoms with E-state index in [1.54, 1.807) is 30.3 Å². The van der Waals surface area contributed by atoms with Crippen molar-refractivity contribution in [3.05, 3.63) is 113 Å². The molecule has 0 saturated heterocycles. The van der Waals surface area contributed by atoms with Gasteiger partial charge in [-0.2, -0.15) is 0 Å². The Kier molecular flexibility index (Phi) is 7.30. The summed E-state index contributed by atoms with van der Waals surface area (Å²) < 4.78 is 71.1. The SMILES string of the molecule is CONC(=O)c1ccc(-c2cnc3[nH]cc(C(=O)c4c(F)ccc(NS(=O)(=O)c5cccc(F)c5)c4F)c3c2)cc1. The molecular weight excluding hydrogens is 561 g/mol. The van der Waals surface area contributed by atoms with E-state index >= 15 is 4.39 Å². The maximum Gasteiger partial charge on any atom is 0.274 e. The van der Waals surface area contributed by atoms with Gasteiger partial charge >= 0.3 is 0 Å². The highest BCUT2D eigenvalue weighted by Crippen LogP contribution is 2.30. The van der Waals surface area contributed by atoms with Gasteiger partial charge in [0, 0.05) is 34.5 Å². The van der Waals surface area contributed by atoms with Crippen LogP contribution in [0.3, 0.4) is 0 Å². The first-order valence-electron chi connectivity index (χ1n) is 11.8. The van der Waals surface area contributed by atoms with E-state index in [1.807, 2.05) is 4.72 Å². The summed E-state index contributed by atoms with van der Waals surface area (Å²) in [6.07, 6.45) is 2.75. The molecule has 2 aromatic heterocycles. The van der Waals surface area contributed by atoms with Crippen molar-refractivity contribution in [2.24, 2.45) is 0 Å². The summed E-state index contributed by atoms with van der Waals surface area (Å²) in [5, 5.41) is 0.248. The average Bonchev–Trinajstić information content (AvgIpc) is 3.38. The maximum atomic E-state index is 15.5. The number of ketones is 1. The van der Waals surface area contributed by atoms with Crippen molar-refractivity contribution in [2.75, 3.05) is 11.8 Å². The number of anilines is 1. The first-order valence-corrected chi connectivity index (χ1v) is 13.3. The number of hydrogen-bond acceptors (Lipinski definition) is 6. The van der Waals surface area contributed by atoms with Crippen molar-refractivity contribution in [1.29, 1.82) is 0 Å². The minimum Gasteiger partial charge on any atom is -0.345 e. The third-order valence-electron chi connectivity index (χ3n) is 6.12. The number of pyridine rings is 1. The van der Waals surface area contributed by atoms with Crippen molar-refractivity contribution < 1.29 is 36.0 Å². The standard InChI is InChI=1S/C28H19F3N4O5S/c1-40-34-28(37)16-7-5-15(6-8-16)17-11-20-21(14-33-27(20)32-13-17)26(36)24-22(30)9-10-23(25(24)31)35-41(38,39)19-4-2-3-18(29)12-19/h2-14,35H,1H3,(H,32,33)(H,34,37). The summed E-state index contributed by atoms with van der Waals surface area (Å²) in [6.45, 7) is 0. The van der Waals surface area contributed by atoms with Crippen LogP contribution in [0.15, 0.2) is 84.0 Å². The van der Waals surface area contributed by atoms with E-state index in [-0.39, 0.29) is 16.6 Å². The Hall–Kier alpha value is -5.01. The van der Waals surface area contributed by atoms with E-state index in [4.69, 9.17) is 0 Å². The lowest BCUT2D eigenvalue weighted by Crippen LogP contribution is -2.21. The van der Waals surface area contributed by atoms with E-state index in [9.17, 15) is 26.8 Å². The van der Waals surface area contributed by atoms with Crippen LogP contribution in [0, 0.1) is 17.5 Å². The van der Waals surface area contributed by atoms with Crippen molar-refractivity contribution in [2.45, 2.75) is 4.90 Å². The first kappa shape index (κ1) is 27.6. The number of aromatic amines is 1. The molecule has 3 aromatic carbocycles. The predicted octanol–water partition coefficient (Wildman–Crippen LogP) is 4.97. The van der Waals surface area contributed by atoms with Crippen molar-refractivity contribution >= 4 is 38.4 Å². The summed E-state index contributed by atoms with van der Waals surface area (Å²) in [7, 11) is -3.15. The number of fused-ring (bicyclic) bond motifs is 1. The topological polar surface area (TPSA) is 130 Å². The maximum absolute atomic E-state index is 15.5. The molecule has 3 N–H and O–H groups in total. The van der Waals surface area contributed by atoms with Crippen LogP contribution in [0.25, 0.3) is 22.2 Å². The van der Waals surface area contributed by atoms with Crippen molar-refractivity contribution in [3.8, 4) is 11.1 Å². The minimum absolute atomic E-state index is 0.117. The molecule has 0 fully saturated rings. The van der Waals surface area contributed by atoms with Gasteiger partial charge in [0.1, 0.15) is 17.3 Å². The Labute approximate surface area is 231 Å². The molecule has 9 nitrogen and oxygen atoms in total. The van der Waals surface area contributed by atoms with Gasteiger partial charge in [0.2, 0.25) is 5.78 Å². The van der Waals surface area contributed by atoms with E-state index in [0.717, 1.165) is 36.4 Å². The molecule has 2 heterocycles. The van der Waals surface area contributed by atoms with Gasteiger partial charge in [-0.1, -0.05) is 18.2 Å². The highest BCUT2D eigenvalue weighted by atomic mass is 32.2. The number of hydrogen-bond donors (Lipinski definition) is 3. The second-order valence-electron chi connectivity index (χ2n) is 8.71. The lowest BCUT2D eigenvalue weighted by molar-refractivity contribution is 0.0537. The summed E-state index contributed by atoms with van der Waals surface area (Å²) in [5.74, 6) is -5.01. The van der Waals surface area contributed by atoms with E-state index in [2.05, 4.69) is 20.3 Å². The normalized spacial score (nSPS) is 11.4. The number of rotatable bonds is 8.